The number of fused-ring (bicyclic) bond motifs is 3. The third-order valence-electron chi connectivity index (χ3n) is 6.29. The number of thiazole rings is 1. The molecule has 0 saturated carbocycles. The van der Waals surface area contributed by atoms with Gasteiger partial charge in [-0.3, -0.25) is 4.57 Å². The summed E-state index contributed by atoms with van der Waals surface area (Å²) in [5.74, 6) is -0.411. The monoisotopic (exact) mass is 519 g/mol. The van der Waals surface area contributed by atoms with Gasteiger partial charge in [-0.2, -0.15) is 9.97 Å². The Hall–Kier alpha value is -4.23. The maximum atomic E-state index is 14.2. The zero-order valence-corrected chi connectivity index (χ0v) is 20.1. The molecule has 0 atom stereocenters. The molecule has 4 aromatic heterocycles. The number of halogens is 2. The van der Waals surface area contributed by atoms with Crippen molar-refractivity contribution < 1.29 is 13.5 Å². The van der Waals surface area contributed by atoms with E-state index in [0.717, 1.165) is 22.0 Å². The first-order valence-electron chi connectivity index (χ1n) is 11.6. The summed E-state index contributed by atoms with van der Waals surface area (Å²) in [4.78, 5) is 27.9. The summed E-state index contributed by atoms with van der Waals surface area (Å²) in [6, 6.07) is 8.55. The number of aromatic nitrogens is 7. The second-order valence-electron chi connectivity index (χ2n) is 8.56. The van der Waals surface area contributed by atoms with Gasteiger partial charge in [0.05, 0.1) is 46.7 Å². The van der Waals surface area contributed by atoms with Gasteiger partial charge in [0, 0.05) is 13.1 Å². The Morgan fingerprint density at radius 1 is 1.03 bits per heavy atom. The molecule has 1 saturated heterocycles. The summed E-state index contributed by atoms with van der Waals surface area (Å²) in [5.41, 5.74) is 5.26. The average molecular weight is 520 g/mol. The summed E-state index contributed by atoms with van der Waals surface area (Å²) in [5, 5.41) is 3.27. The number of H-pyrrole nitrogens is 1. The Morgan fingerprint density at radius 3 is 2.81 bits per heavy atom. The highest BCUT2D eigenvalue weighted by molar-refractivity contribution is 7.16. The van der Waals surface area contributed by atoms with Crippen molar-refractivity contribution in [2.45, 2.75) is 6.54 Å². The highest BCUT2D eigenvalue weighted by atomic mass is 32.1. The maximum Gasteiger partial charge on any atom is 0.229 e. The summed E-state index contributed by atoms with van der Waals surface area (Å²) in [7, 11) is 0. The number of anilines is 2. The van der Waals surface area contributed by atoms with Gasteiger partial charge in [-0.15, -0.1) is 11.3 Å². The molecule has 5 heterocycles. The SMILES string of the molecule is Fc1ccc2[nH]c(CNc3nc(N4CCOCC4)nc4c3ncn4-c3ccc4ncsc4c3)nc2c1F. The number of nitrogens with one attached hydrogen (secondary N) is 2. The molecular formula is C24H19F2N9OS. The molecule has 6 aromatic rings. The molecule has 13 heteroatoms. The van der Waals surface area contributed by atoms with Gasteiger partial charge >= 0.3 is 0 Å². The van der Waals surface area contributed by atoms with Crippen molar-refractivity contribution in [2.24, 2.45) is 0 Å². The minimum Gasteiger partial charge on any atom is -0.378 e. The van der Waals surface area contributed by atoms with Crippen molar-refractivity contribution in [3.05, 3.63) is 59.6 Å². The van der Waals surface area contributed by atoms with E-state index in [2.05, 4.69) is 36.2 Å². The molecule has 37 heavy (non-hydrogen) atoms. The van der Waals surface area contributed by atoms with Crippen LogP contribution in [0.15, 0.2) is 42.2 Å². The standard InChI is InChI=1S/C24H19F2N9OS/c25-14-2-4-16-20(19(14)26)31-18(30-16)10-27-22-21-23(33-24(32-22)34-5-7-36-8-6-34)35(11-28-21)13-1-3-15-17(9-13)37-12-29-15/h1-4,9,11-12H,5-8,10H2,(H,30,31)(H,27,32,33). The Kier molecular flexibility index (Phi) is 5.18. The minimum atomic E-state index is -0.976. The minimum absolute atomic E-state index is 0.0404. The molecule has 2 aromatic carbocycles. The van der Waals surface area contributed by atoms with E-state index in [1.54, 1.807) is 17.7 Å². The first kappa shape index (κ1) is 22.0. The Labute approximate surface area is 212 Å². The van der Waals surface area contributed by atoms with Gasteiger partial charge in [0.15, 0.2) is 28.6 Å². The first-order chi connectivity index (χ1) is 18.1. The number of hydrogen-bond acceptors (Lipinski definition) is 9. The third-order valence-corrected chi connectivity index (χ3v) is 7.08. The van der Waals surface area contributed by atoms with Gasteiger partial charge < -0.3 is 19.9 Å². The molecule has 186 valence electrons. The van der Waals surface area contributed by atoms with Crippen LogP contribution in [0.2, 0.25) is 0 Å². The van der Waals surface area contributed by atoms with Crippen molar-refractivity contribution >= 4 is 55.5 Å². The van der Waals surface area contributed by atoms with E-state index in [4.69, 9.17) is 14.7 Å². The second-order valence-corrected chi connectivity index (χ2v) is 9.44. The Morgan fingerprint density at radius 2 is 1.92 bits per heavy atom. The van der Waals surface area contributed by atoms with E-state index >= 15 is 0 Å². The van der Waals surface area contributed by atoms with Crippen molar-refractivity contribution in [3.63, 3.8) is 0 Å². The van der Waals surface area contributed by atoms with Gasteiger partial charge in [-0.1, -0.05) is 0 Å². The first-order valence-corrected chi connectivity index (χ1v) is 12.5. The lowest BCUT2D eigenvalue weighted by Gasteiger charge is -2.27. The molecule has 2 N–H and O–H groups in total. The molecule has 7 rings (SSSR count). The van der Waals surface area contributed by atoms with Crippen molar-refractivity contribution in [1.82, 2.24) is 34.5 Å². The number of benzene rings is 2. The molecular weight excluding hydrogens is 500 g/mol. The van der Waals surface area contributed by atoms with Gasteiger partial charge in [0.25, 0.3) is 0 Å². The number of nitrogens with zero attached hydrogens (tertiary/aromatic N) is 7. The average Bonchev–Trinajstić information content (AvgIpc) is 3.67. The lowest BCUT2D eigenvalue weighted by atomic mass is 10.3. The lowest BCUT2D eigenvalue weighted by Crippen LogP contribution is -2.37. The van der Waals surface area contributed by atoms with Crippen molar-refractivity contribution in [3.8, 4) is 5.69 Å². The third kappa shape index (κ3) is 3.83. The second kappa shape index (κ2) is 8.71. The van der Waals surface area contributed by atoms with Crippen LogP contribution in [0.4, 0.5) is 20.5 Å². The smallest absolute Gasteiger partial charge is 0.229 e. The number of ether oxygens (including phenoxy) is 1. The van der Waals surface area contributed by atoms with Crippen LogP contribution >= 0.6 is 11.3 Å². The Balaban J connectivity index is 1.29. The van der Waals surface area contributed by atoms with Crippen LogP contribution < -0.4 is 10.2 Å². The van der Waals surface area contributed by atoms with Crippen molar-refractivity contribution in [2.75, 3.05) is 36.5 Å². The largest absolute Gasteiger partial charge is 0.378 e. The van der Waals surface area contributed by atoms with Gasteiger partial charge in [-0.05, 0) is 30.3 Å². The van der Waals surface area contributed by atoms with Gasteiger partial charge in [0.2, 0.25) is 5.95 Å². The molecule has 1 aliphatic rings. The molecule has 0 radical (unpaired) electrons. The molecule has 0 bridgehead atoms. The fourth-order valence-electron chi connectivity index (χ4n) is 4.42. The van der Waals surface area contributed by atoms with Crippen LogP contribution in [0.1, 0.15) is 5.82 Å². The highest BCUT2D eigenvalue weighted by Crippen LogP contribution is 2.28. The van der Waals surface area contributed by atoms with Crippen LogP contribution in [-0.2, 0) is 11.3 Å². The number of rotatable bonds is 5. The summed E-state index contributed by atoms with van der Waals surface area (Å²) < 4.78 is 36.3. The number of hydrogen-bond donors (Lipinski definition) is 2. The molecule has 0 spiro atoms. The van der Waals surface area contributed by atoms with Crippen LogP contribution in [0.5, 0.6) is 0 Å². The fourth-order valence-corrected chi connectivity index (χ4v) is 5.13. The maximum absolute atomic E-state index is 14.2. The molecule has 10 nitrogen and oxygen atoms in total. The molecule has 1 aliphatic heterocycles. The van der Waals surface area contributed by atoms with Gasteiger partial charge in [-0.25, -0.2) is 23.7 Å². The fraction of sp³-hybridized carbons (Fsp3) is 0.208. The topological polar surface area (TPSA) is 110 Å². The number of morpholine rings is 1. The molecule has 1 fully saturated rings. The van der Waals surface area contributed by atoms with Gasteiger partial charge in [0.1, 0.15) is 17.7 Å². The number of aromatic amines is 1. The summed E-state index contributed by atoms with van der Waals surface area (Å²) in [6.45, 7) is 2.71. The predicted octanol–water partition coefficient (Wildman–Crippen LogP) is 4.03. The van der Waals surface area contributed by atoms with E-state index in [0.29, 0.717) is 60.6 Å². The zero-order chi connectivity index (χ0) is 24.9. The lowest BCUT2D eigenvalue weighted by molar-refractivity contribution is 0.122. The van der Waals surface area contributed by atoms with E-state index in [1.807, 2.05) is 22.2 Å². The predicted molar refractivity (Wildman–Crippen MR) is 136 cm³/mol. The molecule has 0 amide bonds. The van der Waals surface area contributed by atoms with E-state index < -0.39 is 11.6 Å². The van der Waals surface area contributed by atoms with Crippen molar-refractivity contribution in [1.29, 1.82) is 0 Å². The summed E-state index contributed by atoms with van der Waals surface area (Å²) >= 11 is 1.57. The van der Waals surface area contributed by atoms with Crippen LogP contribution in [0, 0.1) is 11.6 Å². The van der Waals surface area contributed by atoms with Crippen LogP contribution in [0.3, 0.4) is 0 Å². The highest BCUT2D eigenvalue weighted by Gasteiger charge is 2.20. The van der Waals surface area contributed by atoms with E-state index in [9.17, 15) is 8.78 Å². The Bertz CT molecular complexity index is 1770. The zero-order valence-electron chi connectivity index (χ0n) is 19.3. The van der Waals surface area contributed by atoms with Crippen LogP contribution in [0.25, 0.3) is 38.1 Å². The number of imidazole rings is 2. The van der Waals surface area contributed by atoms with E-state index in [-0.39, 0.29) is 12.1 Å². The van der Waals surface area contributed by atoms with E-state index in [1.165, 1.54) is 6.07 Å². The van der Waals surface area contributed by atoms with Crippen LogP contribution in [-0.4, -0.2) is 60.8 Å². The normalized spacial score (nSPS) is 14.3. The summed E-state index contributed by atoms with van der Waals surface area (Å²) in [6.07, 6.45) is 1.72. The quantitative estimate of drug-likeness (QED) is 0.351. The molecule has 0 unspecified atom stereocenters. The molecule has 0 aliphatic carbocycles.